The van der Waals surface area contributed by atoms with Gasteiger partial charge in [-0.25, -0.2) is 0 Å². The molecule has 1 aliphatic rings. The fourth-order valence-electron chi connectivity index (χ4n) is 3.36. The number of morpholine rings is 1. The van der Waals surface area contributed by atoms with Gasteiger partial charge in [0.25, 0.3) is 5.91 Å². The van der Waals surface area contributed by atoms with Crippen LogP contribution < -0.4 is 14.8 Å². The third-order valence-electron chi connectivity index (χ3n) is 4.65. The monoisotopic (exact) mass is 412 g/mol. The lowest BCUT2D eigenvalue weighted by molar-refractivity contribution is -0.0778. The van der Waals surface area contributed by atoms with E-state index in [0.29, 0.717) is 41.8 Å². The first kappa shape index (κ1) is 22.8. The molecule has 0 saturated carbocycles. The summed E-state index contributed by atoms with van der Waals surface area (Å²) in [6.07, 6.45) is 1.26. The van der Waals surface area contributed by atoms with E-state index in [1.165, 1.54) is 0 Å². The molecule has 158 valence electrons. The van der Waals surface area contributed by atoms with E-state index in [1.54, 1.807) is 12.1 Å². The summed E-state index contributed by atoms with van der Waals surface area (Å²) in [5.41, 5.74) is 0.466. The lowest BCUT2D eigenvalue weighted by Gasteiger charge is -2.39. The SMILES string of the molecule is CCCOc1c(Cl)cc(C(=O)NCC(C)N2CC(C)OC(C)C2)cc1OCC. The molecule has 0 spiro atoms. The molecule has 7 heteroatoms. The molecule has 1 aliphatic heterocycles. The molecular formula is C21H33ClN2O4. The van der Waals surface area contributed by atoms with Gasteiger partial charge in [0.1, 0.15) is 0 Å². The number of benzene rings is 1. The fourth-order valence-corrected chi connectivity index (χ4v) is 3.62. The molecule has 0 aliphatic carbocycles. The van der Waals surface area contributed by atoms with E-state index in [9.17, 15) is 4.79 Å². The molecule has 2 rings (SSSR count). The van der Waals surface area contributed by atoms with Gasteiger partial charge in [-0.2, -0.15) is 0 Å². The number of carbonyl (C=O) groups is 1. The molecule has 1 aromatic carbocycles. The average molecular weight is 413 g/mol. The zero-order valence-corrected chi connectivity index (χ0v) is 18.3. The first-order valence-electron chi connectivity index (χ1n) is 10.1. The Balaban J connectivity index is 2.03. The van der Waals surface area contributed by atoms with Crippen molar-refractivity contribution in [2.45, 2.75) is 59.3 Å². The Kier molecular flexibility index (Phi) is 8.86. The van der Waals surface area contributed by atoms with Crippen molar-refractivity contribution < 1.29 is 19.0 Å². The Morgan fingerprint density at radius 3 is 2.57 bits per heavy atom. The van der Waals surface area contributed by atoms with Gasteiger partial charge in [0.2, 0.25) is 0 Å². The maximum Gasteiger partial charge on any atom is 0.251 e. The minimum Gasteiger partial charge on any atom is -0.490 e. The fraction of sp³-hybridized carbons (Fsp3) is 0.667. The molecule has 3 unspecified atom stereocenters. The Bertz CT molecular complexity index is 646. The largest absolute Gasteiger partial charge is 0.490 e. The second kappa shape index (κ2) is 10.9. The Hall–Kier alpha value is -1.50. The lowest BCUT2D eigenvalue weighted by atomic mass is 10.1. The zero-order chi connectivity index (χ0) is 20.7. The maximum absolute atomic E-state index is 12.7. The molecule has 3 atom stereocenters. The van der Waals surface area contributed by atoms with Gasteiger partial charge in [0.15, 0.2) is 11.5 Å². The van der Waals surface area contributed by atoms with Gasteiger partial charge in [-0.1, -0.05) is 18.5 Å². The summed E-state index contributed by atoms with van der Waals surface area (Å²) >= 11 is 6.36. The van der Waals surface area contributed by atoms with Gasteiger partial charge in [0, 0.05) is 31.2 Å². The average Bonchev–Trinajstić information content (AvgIpc) is 2.64. The highest BCUT2D eigenvalue weighted by Gasteiger charge is 2.26. The van der Waals surface area contributed by atoms with Crippen molar-refractivity contribution in [3.8, 4) is 11.5 Å². The number of ether oxygens (including phenoxy) is 3. The van der Waals surface area contributed by atoms with Crippen LogP contribution in [0.1, 0.15) is 51.4 Å². The van der Waals surface area contributed by atoms with Crippen molar-refractivity contribution >= 4 is 17.5 Å². The number of rotatable bonds is 9. The van der Waals surface area contributed by atoms with Gasteiger partial charge in [0.05, 0.1) is 30.4 Å². The summed E-state index contributed by atoms with van der Waals surface area (Å²) in [7, 11) is 0. The molecule has 6 nitrogen and oxygen atoms in total. The molecule has 1 N–H and O–H groups in total. The molecule has 1 saturated heterocycles. The number of nitrogens with one attached hydrogen (secondary N) is 1. The summed E-state index contributed by atoms with van der Waals surface area (Å²) in [6, 6.07) is 3.54. The van der Waals surface area contributed by atoms with E-state index in [-0.39, 0.29) is 24.2 Å². The van der Waals surface area contributed by atoms with Crippen molar-refractivity contribution in [3.05, 3.63) is 22.7 Å². The van der Waals surface area contributed by atoms with E-state index >= 15 is 0 Å². The summed E-state index contributed by atoms with van der Waals surface area (Å²) in [4.78, 5) is 15.0. The van der Waals surface area contributed by atoms with Gasteiger partial charge < -0.3 is 19.5 Å². The zero-order valence-electron chi connectivity index (χ0n) is 17.6. The highest BCUT2D eigenvalue weighted by Crippen LogP contribution is 2.36. The molecule has 0 radical (unpaired) electrons. The van der Waals surface area contributed by atoms with Crippen LogP contribution in [-0.4, -0.2) is 61.9 Å². The molecular weight excluding hydrogens is 380 g/mol. The summed E-state index contributed by atoms with van der Waals surface area (Å²) < 4.78 is 17.1. The summed E-state index contributed by atoms with van der Waals surface area (Å²) in [6.45, 7) is 13.5. The second-order valence-corrected chi connectivity index (χ2v) is 7.74. The van der Waals surface area contributed by atoms with Crippen LogP contribution in [0.4, 0.5) is 0 Å². The molecule has 0 aromatic heterocycles. The van der Waals surface area contributed by atoms with E-state index in [2.05, 4.69) is 31.0 Å². The normalized spacial score (nSPS) is 21.2. The van der Waals surface area contributed by atoms with Crippen molar-refractivity contribution in [1.82, 2.24) is 10.2 Å². The molecule has 0 bridgehead atoms. The van der Waals surface area contributed by atoms with Gasteiger partial charge in [-0.05, 0) is 46.2 Å². The van der Waals surface area contributed by atoms with Crippen LogP contribution in [0.3, 0.4) is 0 Å². The second-order valence-electron chi connectivity index (χ2n) is 7.34. The number of amides is 1. The van der Waals surface area contributed by atoms with Crippen LogP contribution >= 0.6 is 11.6 Å². The third kappa shape index (κ3) is 6.26. The van der Waals surface area contributed by atoms with E-state index in [0.717, 1.165) is 19.5 Å². The van der Waals surface area contributed by atoms with Crippen molar-refractivity contribution in [1.29, 1.82) is 0 Å². The molecule has 1 fully saturated rings. The Labute approximate surface area is 173 Å². The minimum atomic E-state index is -0.175. The van der Waals surface area contributed by atoms with Crippen molar-refractivity contribution in [2.24, 2.45) is 0 Å². The topological polar surface area (TPSA) is 60.0 Å². The molecule has 1 aromatic rings. The smallest absolute Gasteiger partial charge is 0.251 e. The lowest BCUT2D eigenvalue weighted by Crippen LogP contribution is -2.52. The predicted molar refractivity (Wildman–Crippen MR) is 112 cm³/mol. The van der Waals surface area contributed by atoms with Crippen LogP contribution in [0.5, 0.6) is 11.5 Å². The number of nitrogens with zero attached hydrogens (tertiary/aromatic N) is 1. The van der Waals surface area contributed by atoms with E-state index < -0.39 is 0 Å². The van der Waals surface area contributed by atoms with Crippen molar-refractivity contribution in [3.63, 3.8) is 0 Å². The maximum atomic E-state index is 12.7. The predicted octanol–water partition coefficient (Wildman–Crippen LogP) is 3.76. The van der Waals surface area contributed by atoms with E-state index in [4.69, 9.17) is 25.8 Å². The Morgan fingerprint density at radius 1 is 1.29 bits per heavy atom. The van der Waals surface area contributed by atoms with Crippen LogP contribution in [0.2, 0.25) is 5.02 Å². The number of hydrogen-bond donors (Lipinski definition) is 1. The van der Waals surface area contributed by atoms with Crippen LogP contribution in [-0.2, 0) is 4.74 Å². The number of carbonyl (C=O) groups excluding carboxylic acids is 1. The number of hydrogen-bond acceptors (Lipinski definition) is 5. The van der Waals surface area contributed by atoms with Gasteiger partial charge in [-0.3, -0.25) is 9.69 Å². The highest BCUT2D eigenvalue weighted by molar-refractivity contribution is 6.32. The van der Waals surface area contributed by atoms with Crippen LogP contribution in [0.25, 0.3) is 0 Å². The van der Waals surface area contributed by atoms with Gasteiger partial charge in [-0.15, -0.1) is 0 Å². The standard InChI is InChI=1S/C21H33ClN2O4/c1-6-8-27-20-18(22)9-17(10-19(20)26-7-2)21(25)23-11-14(3)24-12-15(4)28-16(5)13-24/h9-10,14-16H,6-8,11-13H2,1-5H3,(H,23,25). The number of halogens is 1. The van der Waals surface area contributed by atoms with Crippen LogP contribution in [0.15, 0.2) is 12.1 Å². The van der Waals surface area contributed by atoms with E-state index in [1.807, 2.05) is 13.8 Å². The van der Waals surface area contributed by atoms with Gasteiger partial charge >= 0.3 is 0 Å². The third-order valence-corrected chi connectivity index (χ3v) is 4.93. The summed E-state index contributed by atoms with van der Waals surface area (Å²) in [5.74, 6) is 0.815. The highest BCUT2D eigenvalue weighted by atomic mass is 35.5. The molecule has 1 amide bonds. The first-order chi connectivity index (χ1) is 13.3. The Morgan fingerprint density at radius 2 is 1.96 bits per heavy atom. The quantitative estimate of drug-likeness (QED) is 0.669. The molecule has 28 heavy (non-hydrogen) atoms. The summed E-state index contributed by atoms with van der Waals surface area (Å²) in [5, 5.41) is 3.39. The van der Waals surface area contributed by atoms with Crippen LogP contribution in [0, 0.1) is 0 Å². The molecule has 1 heterocycles. The first-order valence-corrected chi connectivity index (χ1v) is 10.5. The van der Waals surface area contributed by atoms with Crippen molar-refractivity contribution in [2.75, 3.05) is 32.8 Å². The minimum absolute atomic E-state index is 0.175.